The standard InChI is InChI=1S/C13H12N2O2/c14-8-10-3-1-4-11(7-10)13(17)15-6-2-5-12(16)9-15/h1,3-4,7H,2,5-6,9H2. The molecule has 1 heterocycles. The van der Waals surface area contributed by atoms with Crippen molar-refractivity contribution in [2.75, 3.05) is 13.1 Å². The molecule has 1 aliphatic heterocycles. The van der Waals surface area contributed by atoms with Gasteiger partial charge in [0.2, 0.25) is 0 Å². The minimum atomic E-state index is -0.171. The van der Waals surface area contributed by atoms with Crippen LogP contribution in [0.25, 0.3) is 0 Å². The van der Waals surface area contributed by atoms with Gasteiger partial charge in [-0.1, -0.05) is 6.07 Å². The number of benzene rings is 1. The van der Waals surface area contributed by atoms with E-state index in [1.54, 1.807) is 29.2 Å². The molecule has 0 radical (unpaired) electrons. The fourth-order valence-corrected chi connectivity index (χ4v) is 1.92. The summed E-state index contributed by atoms with van der Waals surface area (Å²) in [6.45, 7) is 0.803. The summed E-state index contributed by atoms with van der Waals surface area (Å²) in [6, 6.07) is 8.55. The first-order valence-electron chi connectivity index (χ1n) is 5.52. The molecule has 0 bridgehead atoms. The van der Waals surface area contributed by atoms with E-state index in [2.05, 4.69) is 0 Å². The van der Waals surface area contributed by atoms with Crippen molar-refractivity contribution in [1.29, 1.82) is 5.26 Å². The highest BCUT2D eigenvalue weighted by atomic mass is 16.2. The van der Waals surface area contributed by atoms with E-state index in [-0.39, 0.29) is 18.2 Å². The Morgan fingerprint density at radius 1 is 1.41 bits per heavy atom. The van der Waals surface area contributed by atoms with Crippen LogP contribution >= 0.6 is 0 Å². The lowest BCUT2D eigenvalue weighted by molar-refractivity contribution is -0.121. The van der Waals surface area contributed by atoms with Crippen molar-refractivity contribution in [2.45, 2.75) is 12.8 Å². The molecule has 17 heavy (non-hydrogen) atoms. The number of rotatable bonds is 1. The van der Waals surface area contributed by atoms with E-state index in [0.717, 1.165) is 6.42 Å². The Morgan fingerprint density at radius 3 is 2.94 bits per heavy atom. The molecule has 1 aromatic rings. The van der Waals surface area contributed by atoms with E-state index in [1.165, 1.54) is 0 Å². The van der Waals surface area contributed by atoms with Crippen LogP contribution in [0.4, 0.5) is 0 Å². The smallest absolute Gasteiger partial charge is 0.254 e. The number of amides is 1. The molecular weight excluding hydrogens is 216 g/mol. The normalized spacial score (nSPS) is 15.5. The maximum Gasteiger partial charge on any atom is 0.254 e. The summed E-state index contributed by atoms with van der Waals surface area (Å²) >= 11 is 0. The van der Waals surface area contributed by atoms with E-state index in [0.29, 0.717) is 24.1 Å². The molecule has 0 unspecified atom stereocenters. The van der Waals surface area contributed by atoms with E-state index in [9.17, 15) is 9.59 Å². The van der Waals surface area contributed by atoms with Crippen LogP contribution < -0.4 is 0 Å². The third kappa shape index (κ3) is 2.51. The van der Waals surface area contributed by atoms with E-state index in [4.69, 9.17) is 5.26 Å². The van der Waals surface area contributed by atoms with Crippen molar-refractivity contribution in [3.63, 3.8) is 0 Å². The lowest BCUT2D eigenvalue weighted by Gasteiger charge is -2.25. The van der Waals surface area contributed by atoms with Crippen LogP contribution in [0.5, 0.6) is 0 Å². The molecule has 0 aliphatic carbocycles. The van der Waals surface area contributed by atoms with Gasteiger partial charge in [0.05, 0.1) is 18.2 Å². The first-order chi connectivity index (χ1) is 8.20. The SMILES string of the molecule is N#Cc1cccc(C(=O)N2CCCC(=O)C2)c1. The number of carbonyl (C=O) groups is 2. The highest BCUT2D eigenvalue weighted by molar-refractivity contribution is 5.97. The summed E-state index contributed by atoms with van der Waals surface area (Å²) in [4.78, 5) is 24.9. The number of hydrogen-bond donors (Lipinski definition) is 0. The zero-order valence-corrected chi connectivity index (χ0v) is 9.35. The summed E-state index contributed by atoms with van der Waals surface area (Å²) in [6.07, 6.45) is 1.28. The topological polar surface area (TPSA) is 61.2 Å². The summed E-state index contributed by atoms with van der Waals surface area (Å²) in [5, 5.41) is 8.77. The largest absolute Gasteiger partial charge is 0.331 e. The van der Waals surface area contributed by atoms with Crippen molar-refractivity contribution < 1.29 is 9.59 Å². The molecule has 0 N–H and O–H groups in total. The van der Waals surface area contributed by atoms with Gasteiger partial charge in [-0.15, -0.1) is 0 Å². The maximum absolute atomic E-state index is 12.1. The highest BCUT2D eigenvalue weighted by Crippen LogP contribution is 2.12. The molecule has 0 spiro atoms. The summed E-state index contributed by atoms with van der Waals surface area (Å²) in [5.41, 5.74) is 0.929. The van der Waals surface area contributed by atoms with Crippen molar-refractivity contribution in [3.05, 3.63) is 35.4 Å². The monoisotopic (exact) mass is 228 g/mol. The number of likely N-dealkylation sites (tertiary alicyclic amines) is 1. The number of Topliss-reactive ketones (excluding diaryl/α,β-unsaturated/α-hetero) is 1. The van der Waals surface area contributed by atoms with Crippen LogP contribution in [0, 0.1) is 11.3 Å². The Bertz CT molecular complexity index is 502. The van der Waals surface area contributed by atoms with Crippen molar-refractivity contribution >= 4 is 11.7 Å². The second-order valence-corrected chi connectivity index (χ2v) is 4.06. The number of piperidine rings is 1. The molecule has 1 aromatic carbocycles. The van der Waals surface area contributed by atoms with Gasteiger partial charge < -0.3 is 4.90 Å². The maximum atomic E-state index is 12.1. The fraction of sp³-hybridized carbons (Fsp3) is 0.308. The third-order valence-corrected chi connectivity index (χ3v) is 2.78. The molecule has 2 rings (SSSR count). The average Bonchev–Trinajstić information content (AvgIpc) is 2.38. The van der Waals surface area contributed by atoms with Gasteiger partial charge in [-0.3, -0.25) is 9.59 Å². The van der Waals surface area contributed by atoms with Gasteiger partial charge in [0, 0.05) is 18.5 Å². The molecule has 0 aromatic heterocycles. The first-order valence-corrected chi connectivity index (χ1v) is 5.52. The predicted octanol–water partition coefficient (Wildman–Crippen LogP) is 1.36. The molecule has 0 atom stereocenters. The lowest BCUT2D eigenvalue weighted by atomic mass is 10.1. The van der Waals surface area contributed by atoms with E-state index < -0.39 is 0 Å². The third-order valence-electron chi connectivity index (χ3n) is 2.78. The number of ketones is 1. The Balaban J connectivity index is 2.19. The highest BCUT2D eigenvalue weighted by Gasteiger charge is 2.22. The summed E-state index contributed by atoms with van der Waals surface area (Å²) in [5.74, 6) is -0.0730. The molecule has 1 aliphatic rings. The summed E-state index contributed by atoms with van der Waals surface area (Å²) in [7, 11) is 0. The Hall–Kier alpha value is -2.15. The van der Waals surface area contributed by atoms with E-state index in [1.807, 2.05) is 6.07 Å². The van der Waals surface area contributed by atoms with Gasteiger partial charge >= 0.3 is 0 Å². The van der Waals surface area contributed by atoms with E-state index >= 15 is 0 Å². The number of nitrogens with zero attached hydrogens (tertiary/aromatic N) is 2. The molecule has 4 heteroatoms. The van der Waals surface area contributed by atoms with Gasteiger partial charge in [-0.25, -0.2) is 0 Å². The molecule has 1 amide bonds. The molecular formula is C13H12N2O2. The number of hydrogen-bond acceptors (Lipinski definition) is 3. The Morgan fingerprint density at radius 2 is 2.24 bits per heavy atom. The number of nitriles is 1. The quantitative estimate of drug-likeness (QED) is 0.729. The second-order valence-electron chi connectivity index (χ2n) is 4.06. The van der Waals surface area contributed by atoms with Crippen LogP contribution in [0.3, 0.4) is 0 Å². The van der Waals surface area contributed by atoms with Gasteiger partial charge in [0.15, 0.2) is 5.78 Å². The molecule has 4 nitrogen and oxygen atoms in total. The molecule has 1 saturated heterocycles. The minimum absolute atomic E-state index is 0.0982. The first kappa shape index (κ1) is 11.3. The summed E-state index contributed by atoms with van der Waals surface area (Å²) < 4.78 is 0. The fourth-order valence-electron chi connectivity index (χ4n) is 1.92. The van der Waals surface area contributed by atoms with Crippen LogP contribution in [0.1, 0.15) is 28.8 Å². The minimum Gasteiger partial charge on any atom is -0.331 e. The van der Waals surface area contributed by atoms with Crippen LogP contribution in [0.2, 0.25) is 0 Å². The zero-order chi connectivity index (χ0) is 12.3. The predicted molar refractivity (Wildman–Crippen MR) is 61.3 cm³/mol. The Kier molecular flexibility index (Phi) is 3.20. The lowest BCUT2D eigenvalue weighted by Crippen LogP contribution is -2.40. The number of carbonyl (C=O) groups excluding carboxylic acids is 2. The van der Waals surface area contributed by atoms with Crippen LogP contribution in [-0.2, 0) is 4.79 Å². The average molecular weight is 228 g/mol. The van der Waals surface area contributed by atoms with Gasteiger partial charge in [0.25, 0.3) is 5.91 Å². The molecule has 86 valence electrons. The zero-order valence-electron chi connectivity index (χ0n) is 9.35. The van der Waals surface area contributed by atoms with Crippen molar-refractivity contribution in [3.8, 4) is 6.07 Å². The Labute approximate surface area is 99.5 Å². The van der Waals surface area contributed by atoms with Gasteiger partial charge in [-0.05, 0) is 24.6 Å². The second kappa shape index (κ2) is 4.79. The van der Waals surface area contributed by atoms with Crippen LogP contribution in [0.15, 0.2) is 24.3 Å². The molecule has 0 saturated carbocycles. The van der Waals surface area contributed by atoms with Crippen molar-refractivity contribution in [2.24, 2.45) is 0 Å². The van der Waals surface area contributed by atoms with Crippen LogP contribution in [-0.4, -0.2) is 29.7 Å². The van der Waals surface area contributed by atoms with Crippen molar-refractivity contribution in [1.82, 2.24) is 4.90 Å². The van der Waals surface area contributed by atoms with Gasteiger partial charge in [-0.2, -0.15) is 5.26 Å². The van der Waals surface area contributed by atoms with Gasteiger partial charge in [0.1, 0.15) is 0 Å². The molecule has 1 fully saturated rings.